The Morgan fingerprint density at radius 1 is 0.311 bits per heavy atom. The Hall–Kier alpha value is -8.07. The van der Waals surface area contributed by atoms with Crippen LogP contribution in [0.5, 0.6) is 0 Å². The van der Waals surface area contributed by atoms with Crippen LogP contribution in [0, 0.1) is 0 Å². The number of hydrogen-bond donors (Lipinski definition) is 0. The first-order chi connectivity index (χ1) is 30.3. The van der Waals surface area contributed by atoms with Crippen molar-refractivity contribution in [2.24, 2.45) is 0 Å². The summed E-state index contributed by atoms with van der Waals surface area (Å²) in [6.07, 6.45) is 3.82. The lowest BCUT2D eigenvalue weighted by Crippen LogP contribution is -1.94. The molecule has 11 aromatic carbocycles. The Labute approximate surface area is 352 Å². The topological polar surface area (TPSA) is 17.8 Å². The standard InChI is InChI=1S/C59H36N2/c1-5-15-48-41(10-1)34-42-11-2-6-16-49(42)56(48)39-23-19-37(20-24-39)46-29-31-54-58-52(46)27-28-53-47(30-32-55(59(53)58)61(54)45-14-9-33-60-36-45)38-21-25-40(26-22-38)57-50-17-7-3-12-43(50)35-44-13-4-8-18-51(44)57/h1-36H. The van der Waals surface area contributed by atoms with Crippen molar-refractivity contribution >= 4 is 75.7 Å². The molecule has 61 heavy (non-hydrogen) atoms. The van der Waals surface area contributed by atoms with E-state index in [-0.39, 0.29) is 0 Å². The lowest BCUT2D eigenvalue weighted by molar-refractivity contribution is 1.14. The van der Waals surface area contributed by atoms with Gasteiger partial charge in [-0.1, -0.05) is 170 Å². The zero-order chi connectivity index (χ0) is 40.0. The van der Waals surface area contributed by atoms with Crippen molar-refractivity contribution in [2.45, 2.75) is 0 Å². The van der Waals surface area contributed by atoms with Gasteiger partial charge in [-0.2, -0.15) is 0 Å². The number of pyridine rings is 1. The molecule has 0 unspecified atom stereocenters. The highest BCUT2D eigenvalue weighted by Gasteiger charge is 2.22. The van der Waals surface area contributed by atoms with Crippen LogP contribution >= 0.6 is 0 Å². The van der Waals surface area contributed by atoms with E-state index in [2.05, 4.69) is 210 Å². The highest BCUT2D eigenvalue weighted by atomic mass is 15.0. The van der Waals surface area contributed by atoms with Crippen LogP contribution in [0.1, 0.15) is 0 Å². The molecule has 2 nitrogen and oxygen atoms in total. The highest BCUT2D eigenvalue weighted by Crippen LogP contribution is 2.46. The first kappa shape index (κ1) is 33.9. The molecule has 0 aliphatic rings. The molecular weight excluding hydrogens is 737 g/mol. The van der Waals surface area contributed by atoms with Gasteiger partial charge in [-0.15, -0.1) is 0 Å². The van der Waals surface area contributed by atoms with Gasteiger partial charge in [0.15, 0.2) is 0 Å². The third-order valence-electron chi connectivity index (χ3n) is 13.0. The van der Waals surface area contributed by atoms with E-state index in [9.17, 15) is 0 Å². The molecule has 0 aliphatic heterocycles. The Bertz CT molecular complexity index is 3500. The minimum Gasteiger partial charge on any atom is -0.308 e. The van der Waals surface area contributed by atoms with Crippen LogP contribution in [0.15, 0.2) is 219 Å². The van der Waals surface area contributed by atoms with Crippen LogP contribution in [0.25, 0.3) is 126 Å². The van der Waals surface area contributed by atoms with Gasteiger partial charge in [0.05, 0.1) is 22.9 Å². The maximum atomic E-state index is 4.55. The van der Waals surface area contributed by atoms with Crippen LogP contribution < -0.4 is 0 Å². The molecule has 2 heterocycles. The van der Waals surface area contributed by atoms with Crippen molar-refractivity contribution in [2.75, 3.05) is 0 Å². The van der Waals surface area contributed by atoms with E-state index >= 15 is 0 Å². The van der Waals surface area contributed by atoms with Crippen LogP contribution in [0.3, 0.4) is 0 Å². The van der Waals surface area contributed by atoms with Gasteiger partial charge in [-0.05, 0) is 135 Å². The zero-order valence-corrected chi connectivity index (χ0v) is 33.2. The van der Waals surface area contributed by atoms with E-state index in [0.717, 1.165) is 5.69 Å². The molecule has 0 atom stereocenters. The van der Waals surface area contributed by atoms with Gasteiger partial charge in [0, 0.05) is 17.0 Å². The van der Waals surface area contributed by atoms with Crippen LogP contribution in [-0.4, -0.2) is 9.55 Å². The van der Waals surface area contributed by atoms with E-state index in [0.29, 0.717) is 0 Å². The molecule has 282 valence electrons. The van der Waals surface area contributed by atoms with Gasteiger partial charge < -0.3 is 4.57 Å². The highest BCUT2D eigenvalue weighted by molar-refractivity contribution is 6.29. The van der Waals surface area contributed by atoms with Crippen molar-refractivity contribution in [1.82, 2.24) is 9.55 Å². The van der Waals surface area contributed by atoms with E-state index in [1.165, 1.54) is 120 Å². The van der Waals surface area contributed by atoms with Crippen LogP contribution in [-0.2, 0) is 0 Å². The van der Waals surface area contributed by atoms with Gasteiger partial charge in [-0.3, -0.25) is 4.98 Å². The molecule has 0 spiro atoms. The molecule has 0 saturated heterocycles. The predicted molar refractivity (Wildman–Crippen MR) is 259 cm³/mol. The molecule has 0 radical (unpaired) electrons. The predicted octanol–water partition coefficient (Wildman–Crippen LogP) is 16.1. The third kappa shape index (κ3) is 5.13. The molecule has 0 saturated carbocycles. The molecule has 0 bridgehead atoms. The Balaban J connectivity index is 0.976. The average Bonchev–Trinajstić information content (AvgIpc) is 3.67. The van der Waals surface area contributed by atoms with E-state index in [4.69, 9.17) is 0 Å². The molecule has 2 aromatic heterocycles. The van der Waals surface area contributed by atoms with Gasteiger partial charge >= 0.3 is 0 Å². The molecule has 0 aliphatic carbocycles. The maximum absolute atomic E-state index is 4.55. The molecule has 2 heteroatoms. The van der Waals surface area contributed by atoms with E-state index in [1.54, 1.807) is 0 Å². The Kier molecular flexibility index (Phi) is 7.34. The zero-order valence-electron chi connectivity index (χ0n) is 33.2. The lowest BCUT2D eigenvalue weighted by atomic mass is 9.89. The summed E-state index contributed by atoms with van der Waals surface area (Å²) in [6.45, 7) is 0. The summed E-state index contributed by atoms with van der Waals surface area (Å²) < 4.78 is 2.38. The molecule has 13 rings (SSSR count). The van der Waals surface area contributed by atoms with Crippen molar-refractivity contribution < 1.29 is 0 Å². The molecular formula is C59H36N2. The number of nitrogens with zero attached hydrogens (tertiary/aromatic N) is 2. The summed E-state index contributed by atoms with van der Waals surface area (Å²) in [5.41, 5.74) is 13.3. The van der Waals surface area contributed by atoms with Crippen molar-refractivity contribution in [1.29, 1.82) is 0 Å². The van der Waals surface area contributed by atoms with Gasteiger partial charge in [0.1, 0.15) is 0 Å². The number of aromatic nitrogens is 2. The first-order valence-electron chi connectivity index (χ1n) is 21.0. The second kappa shape index (κ2) is 13.2. The molecule has 0 amide bonds. The minimum atomic E-state index is 1.06. The van der Waals surface area contributed by atoms with Gasteiger partial charge in [0.25, 0.3) is 0 Å². The summed E-state index contributed by atoms with van der Waals surface area (Å²) in [4.78, 5) is 4.55. The maximum Gasteiger partial charge on any atom is 0.0645 e. The summed E-state index contributed by atoms with van der Waals surface area (Å²) in [5.74, 6) is 0. The van der Waals surface area contributed by atoms with Gasteiger partial charge in [-0.25, -0.2) is 0 Å². The molecule has 0 N–H and O–H groups in total. The van der Waals surface area contributed by atoms with E-state index < -0.39 is 0 Å². The van der Waals surface area contributed by atoms with Crippen LogP contribution in [0.4, 0.5) is 0 Å². The quantitative estimate of drug-likeness (QED) is 0.126. The monoisotopic (exact) mass is 772 g/mol. The van der Waals surface area contributed by atoms with Crippen molar-refractivity contribution in [3.8, 4) is 50.2 Å². The average molecular weight is 773 g/mol. The van der Waals surface area contributed by atoms with Gasteiger partial charge in [0.2, 0.25) is 0 Å². The van der Waals surface area contributed by atoms with Crippen molar-refractivity contribution in [3.63, 3.8) is 0 Å². The second-order valence-electron chi connectivity index (χ2n) is 16.3. The smallest absolute Gasteiger partial charge is 0.0645 e. The first-order valence-corrected chi connectivity index (χ1v) is 21.0. The normalized spacial score (nSPS) is 11.9. The number of benzene rings is 11. The number of fused-ring (bicyclic) bond motifs is 4. The Morgan fingerprint density at radius 2 is 0.705 bits per heavy atom. The summed E-state index contributed by atoms with van der Waals surface area (Å²) in [7, 11) is 0. The number of hydrogen-bond acceptors (Lipinski definition) is 1. The largest absolute Gasteiger partial charge is 0.308 e. The van der Waals surface area contributed by atoms with E-state index in [1.807, 2.05) is 18.5 Å². The Morgan fingerprint density at radius 3 is 1.10 bits per heavy atom. The van der Waals surface area contributed by atoms with Crippen molar-refractivity contribution in [3.05, 3.63) is 219 Å². The minimum absolute atomic E-state index is 1.06. The summed E-state index contributed by atoms with van der Waals surface area (Å²) in [6, 6.07) is 76.1. The number of rotatable bonds is 5. The summed E-state index contributed by atoms with van der Waals surface area (Å²) >= 11 is 0. The molecule has 13 aromatic rings. The lowest BCUT2D eigenvalue weighted by Gasteiger charge is -2.14. The fourth-order valence-corrected chi connectivity index (χ4v) is 10.3. The summed E-state index contributed by atoms with van der Waals surface area (Å²) in [5, 5.41) is 15.2. The SMILES string of the molecule is c1cncc(-n2c3ccc(-c4ccc(-c5c6ccccc6cc6ccccc56)cc4)c4ccc5c(-c6ccc(-c7c8ccccc8cc8ccccc78)cc6)ccc2c5c43)c1. The third-order valence-corrected chi connectivity index (χ3v) is 13.0. The fourth-order valence-electron chi connectivity index (χ4n) is 10.3. The second-order valence-corrected chi connectivity index (χ2v) is 16.3. The molecule has 0 fully saturated rings. The fraction of sp³-hybridized carbons (Fsp3) is 0. The van der Waals surface area contributed by atoms with Crippen LogP contribution in [0.2, 0.25) is 0 Å².